The first kappa shape index (κ1) is 42.7. The average molecular weight is 781 g/mol. The van der Waals surface area contributed by atoms with Gasteiger partial charge in [-0.05, 0) is 12.1 Å². The number of carbonyl (C=O) groups excluding carboxylic acids is 2. The van der Waals surface area contributed by atoms with E-state index in [2.05, 4.69) is 9.47 Å². The first-order valence-electron chi connectivity index (χ1n) is 12.9. The number of anilines is 1. The topological polar surface area (TPSA) is 74.3 Å². The highest BCUT2D eigenvalue weighted by Gasteiger charge is 2.82. The predicted octanol–water partition coefficient (Wildman–Crippen LogP) is 7.87. The van der Waals surface area contributed by atoms with E-state index in [1.54, 1.807) is 0 Å². The molecule has 0 bridgehead atoms. The van der Waals surface area contributed by atoms with E-state index in [9.17, 15) is 88.6 Å². The molecule has 0 saturated carbocycles. The Kier molecular flexibility index (Phi) is 12.2. The maximum Gasteiger partial charge on any atom is 0.460 e. The van der Waals surface area contributed by atoms with Crippen molar-refractivity contribution < 1.29 is 108 Å². The van der Waals surface area contributed by atoms with E-state index >= 15 is 0 Å². The highest BCUT2D eigenvalue weighted by Crippen LogP contribution is 2.54. The third kappa shape index (κ3) is 8.70. The van der Waals surface area contributed by atoms with Crippen molar-refractivity contribution in [3.63, 3.8) is 0 Å². The first-order valence-corrected chi connectivity index (χ1v) is 12.9. The molecule has 0 N–H and O–H groups in total. The van der Waals surface area contributed by atoms with Crippen molar-refractivity contribution in [2.24, 2.45) is 0 Å². The van der Waals surface area contributed by atoms with Crippen molar-refractivity contribution in [1.29, 1.82) is 0 Å². The van der Waals surface area contributed by atoms with Crippen LogP contribution in [0.5, 0.6) is 11.5 Å². The number of nitrogens with zero attached hydrogens (tertiary/aromatic N) is 1. The molecule has 1 aliphatic heterocycles. The van der Waals surface area contributed by atoms with Crippen molar-refractivity contribution in [2.45, 2.75) is 47.9 Å². The molecule has 1 aromatic carbocycles. The lowest BCUT2D eigenvalue weighted by Crippen LogP contribution is -2.60. The van der Waals surface area contributed by atoms with E-state index < -0.39 is 110 Å². The van der Waals surface area contributed by atoms with Gasteiger partial charge in [-0.25, -0.2) is 4.90 Å². The number of benzene rings is 1. The zero-order valence-corrected chi connectivity index (χ0v) is 24.2. The van der Waals surface area contributed by atoms with Crippen LogP contribution in [0.2, 0.25) is 0 Å². The highest BCUT2D eigenvalue weighted by molar-refractivity contribution is 6.28. The lowest BCUT2D eigenvalue weighted by molar-refractivity contribution is -0.388. The maximum atomic E-state index is 13.5. The first-order chi connectivity index (χ1) is 23.0. The van der Waals surface area contributed by atoms with Crippen LogP contribution in [0.3, 0.4) is 0 Å². The van der Waals surface area contributed by atoms with Gasteiger partial charge >= 0.3 is 47.9 Å². The van der Waals surface area contributed by atoms with Crippen LogP contribution >= 0.6 is 0 Å². The molecule has 2 amide bonds. The Morgan fingerprint density at radius 1 is 0.510 bits per heavy atom. The van der Waals surface area contributed by atoms with Crippen LogP contribution < -0.4 is 14.4 Å². The smallest absolute Gasteiger partial charge is 0.460 e. The van der Waals surface area contributed by atoms with Crippen molar-refractivity contribution in [1.82, 2.24) is 0 Å². The summed E-state index contributed by atoms with van der Waals surface area (Å²) in [6.45, 7) is -3.46. The molecule has 0 aromatic heterocycles. The minimum Gasteiger partial charge on any atom is -0.498 e. The SMILES string of the molecule is O=C1C=CC(=O)N1c1ccc(OCCOC=CC(F)(F)C(F)(F)C(F)(F)C(F)(F)F)c(OCCOC=CC(F)(F)C(F)(F)C(F)(F)C(F)(F)F)c1. The number of hydrogen-bond acceptors (Lipinski definition) is 6. The van der Waals surface area contributed by atoms with Gasteiger partial charge in [0.15, 0.2) is 11.5 Å². The predicted molar refractivity (Wildman–Crippen MR) is 131 cm³/mol. The molecule has 288 valence electrons. The molecule has 2 rings (SSSR count). The summed E-state index contributed by atoms with van der Waals surface area (Å²) in [4.78, 5) is 24.5. The number of carbonyl (C=O) groups is 2. The van der Waals surface area contributed by atoms with E-state index in [4.69, 9.17) is 9.47 Å². The van der Waals surface area contributed by atoms with Gasteiger partial charge in [-0.1, -0.05) is 0 Å². The molecule has 25 heteroatoms. The number of imide groups is 1. The average Bonchev–Trinajstić information content (AvgIpc) is 3.32. The van der Waals surface area contributed by atoms with Crippen LogP contribution in [-0.2, 0) is 19.1 Å². The van der Waals surface area contributed by atoms with Gasteiger partial charge in [0, 0.05) is 30.4 Å². The van der Waals surface area contributed by atoms with Gasteiger partial charge in [0.2, 0.25) is 0 Å². The van der Waals surface area contributed by atoms with Crippen LogP contribution in [0.15, 0.2) is 55.0 Å². The van der Waals surface area contributed by atoms with E-state index in [0.29, 0.717) is 4.90 Å². The Labute approximate surface area is 271 Å². The monoisotopic (exact) mass is 781 g/mol. The third-order valence-electron chi connectivity index (χ3n) is 6.00. The molecule has 7 nitrogen and oxygen atoms in total. The quantitative estimate of drug-likeness (QED) is 0.0694. The van der Waals surface area contributed by atoms with Crippen molar-refractivity contribution in [3.05, 3.63) is 55.0 Å². The Morgan fingerprint density at radius 2 is 0.882 bits per heavy atom. The van der Waals surface area contributed by atoms with E-state index in [1.165, 1.54) is 0 Å². The second kappa shape index (κ2) is 14.6. The van der Waals surface area contributed by atoms with Crippen LogP contribution in [0.1, 0.15) is 0 Å². The Balaban J connectivity index is 2.10. The second-order valence-corrected chi connectivity index (χ2v) is 9.56. The van der Waals surface area contributed by atoms with Gasteiger partial charge in [-0.3, -0.25) is 9.59 Å². The van der Waals surface area contributed by atoms with Crippen molar-refractivity contribution in [2.75, 3.05) is 31.3 Å². The summed E-state index contributed by atoms with van der Waals surface area (Å²) in [5.74, 6) is -43.1. The number of halogens is 18. The molecular weight excluding hydrogens is 764 g/mol. The summed E-state index contributed by atoms with van der Waals surface area (Å²) in [6.07, 6.45) is -15.4. The fourth-order valence-electron chi connectivity index (χ4n) is 3.31. The molecular formula is C26H17F18NO6. The molecule has 0 atom stereocenters. The molecule has 1 aromatic rings. The van der Waals surface area contributed by atoms with Gasteiger partial charge in [0.25, 0.3) is 11.8 Å². The standard InChI is InChI=1S/C26H17F18NO6/c27-19(28,21(31,32)23(35,36)25(39,40)41)5-7-48-9-11-50-15-2-1-14(45-17(46)3-4-18(45)47)13-16(15)51-12-10-49-8-6-20(29,30)22(33,34)24(37,38)26(42,43)44/h1-8,13H,9-12H2. The summed E-state index contributed by atoms with van der Waals surface area (Å²) in [5.41, 5.74) is -0.233. The Bertz CT molecular complexity index is 1480. The van der Waals surface area contributed by atoms with Gasteiger partial charge in [0.1, 0.15) is 26.4 Å². The number of rotatable bonds is 17. The fraction of sp³-hybridized carbons (Fsp3) is 0.462. The zero-order valence-electron chi connectivity index (χ0n) is 24.2. The fourth-order valence-corrected chi connectivity index (χ4v) is 3.31. The van der Waals surface area contributed by atoms with E-state index in [0.717, 1.165) is 30.4 Å². The number of allylic oxidation sites excluding steroid dienone is 2. The molecule has 0 aliphatic carbocycles. The van der Waals surface area contributed by atoms with Gasteiger partial charge in [0.05, 0.1) is 18.2 Å². The summed E-state index contributed by atoms with van der Waals surface area (Å²) in [7, 11) is 0. The van der Waals surface area contributed by atoms with E-state index in [1.807, 2.05) is 0 Å². The number of alkyl halides is 18. The van der Waals surface area contributed by atoms with Crippen LogP contribution in [-0.4, -0.2) is 86.1 Å². The van der Waals surface area contributed by atoms with Crippen LogP contribution in [0.25, 0.3) is 0 Å². The van der Waals surface area contributed by atoms with Gasteiger partial charge in [-0.15, -0.1) is 0 Å². The maximum absolute atomic E-state index is 13.5. The van der Waals surface area contributed by atoms with E-state index in [-0.39, 0.29) is 18.2 Å². The summed E-state index contributed by atoms with van der Waals surface area (Å²) >= 11 is 0. The summed E-state index contributed by atoms with van der Waals surface area (Å²) < 4.78 is 251. The summed E-state index contributed by atoms with van der Waals surface area (Å²) in [5, 5.41) is 0. The van der Waals surface area contributed by atoms with Gasteiger partial charge in [-0.2, -0.15) is 79.0 Å². The molecule has 1 heterocycles. The largest absolute Gasteiger partial charge is 0.498 e. The zero-order chi connectivity index (χ0) is 39.5. The highest BCUT2D eigenvalue weighted by atomic mass is 19.4. The second-order valence-electron chi connectivity index (χ2n) is 9.56. The minimum atomic E-state index is -7.17. The molecule has 0 fully saturated rings. The van der Waals surface area contributed by atoms with Gasteiger partial charge < -0.3 is 18.9 Å². The molecule has 0 radical (unpaired) electrons. The lowest BCUT2D eigenvalue weighted by atomic mass is 10.0. The Morgan fingerprint density at radius 3 is 1.25 bits per heavy atom. The van der Waals surface area contributed by atoms with Crippen molar-refractivity contribution >= 4 is 17.5 Å². The normalized spacial score (nSPS) is 15.8. The molecule has 0 saturated heterocycles. The molecule has 0 unspecified atom stereocenters. The molecule has 1 aliphatic rings. The molecule has 51 heavy (non-hydrogen) atoms. The summed E-state index contributed by atoms with van der Waals surface area (Å²) in [6, 6.07) is 2.89. The Hall–Kier alpha value is -4.48. The molecule has 0 spiro atoms. The lowest BCUT2D eigenvalue weighted by Gasteiger charge is -2.32. The third-order valence-corrected chi connectivity index (χ3v) is 6.00. The number of hydrogen-bond donors (Lipinski definition) is 0. The van der Waals surface area contributed by atoms with Crippen LogP contribution in [0.4, 0.5) is 84.7 Å². The van der Waals surface area contributed by atoms with Crippen LogP contribution in [0, 0.1) is 0 Å². The minimum absolute atomic E-state index is 0.233. The number of amides is 2. The number of ether oxygens (including phenoxy) is 4. The van der Waals surface area contributed by atoms with Crippen molar-refractivity contribution in [3.8, 4) is 11.5 Å².